The summed E-state index contributed by atoms with van der Waals surface area (Å²) in [5.41, 5.74) is 1.26. The molecule has 3 N–H and O–H groups in total. The Morgan fingerprint density at radius 1 is 0.870 bits per heavy atom. The van der Waals surface area contributed by atoms with E-state index in [4.69, 9.17) is 28.4 Å². The number of carbonyl (C=O) groups excluding carboxylic acids is 5. The summed E-state index contributed by atoms with van der Waals surface area (Å²) < 4.78 is 36.0. The fourth-order valence-corrected chi connectivity index (χ4v) is 10.6. The fourth-order valence-electron chi connectivity index (χ4n) is 10.6. The molecule has 2 saturated heterocycles. The van der Waals surface area contributed by atoms with Crippen molar-refractivity contribution in [3.8, 4) is 0 Å². The molecule has 1 amide bonds. The summed E-state index contributed by atoms with van der Waals surface area (Å²) >= 11 is 0. The zero-order valence-electron chi connectivity index (χ0n) is 43.1. The predicted molar refractivity (Wildman–Crippen MR) is 261 cm³/mol. The molecule has 15 atom stereocenters. The first-order valence-electron chi connectivity index (χ1n) is 25.5. The average molecular weight is 972 g/mol. The molecule has 0 aromatic heterocycles. The average Bonchev–Trinajstić information content (AvgIpc) is 3.33. The molecule has 0 spiro atoms. The van der Waals surface area contributed by atoms with Gasteiger partial charge in [-0.1, -0.05) is 71.1 Å². The maximum Gasteiger partial charge on any atom is 0.329 e. The van der Waals surface area contributed by atoms with E-state index in [0.717, 1.165) is 18.4 Å². The molecular weight excluding hydrogens is 887 g/mol. The van der Waals surface area contributed by atoms with Gasteiger partial charge in [0.05, 0.1) is 24.4 Å². The van der Waals surface area contributed by atoms with Crippen LogP contribution in [-0.4, -0.2) is 145 Å². The van der Waals surface area contributed by atoms with E-state index in [1.807, 2.05) is 58.1 Å². The van der Waals surface area contributed by atoms with E-state index < -0.39 is 83.7 Å². The second kappa shape index (κ2) is 28.0. The molecule has 1 saturated carbocycles. The van der Waals surface area contributed by atoms with Crippen molar-refractivity contribution in [2.45, 2.75) is 186 Å². The molecule has 390 valence electrons. The highest BCUT2D eigenvalue weighted by Crippen LogP contribution is 2.38. The van der Waals surface area contributed by atoms with Crippen LogP contribution in [0.15, 0.2) is 47.6 Å². The van der Waals surface area contributed by atoms with E-state index in [1.165, 1.54) is 12.0 Å². The molecule has 4 aliphatic rings. The number of carbonyl (C=O) groups is 5. The first-order valence-corrected chi connectivity index (χ1v) is 25.5. The third kappa shape index (κ3) is 16.0. The van der Waals surface area contributed by atoms with E-state index in [0.29, 0.717) is 70.0 Å². The van der Waals surface area contributed by atoms with Gasteiger partial charge in [0, 0.05) is 71.7 Å². The van der Waals surface area contributed by atoms with Gasteiger partial charge >= 0.3 is 5.97 Å². The standard InChI is InChI=1S/C54H85NO14/c1-33-17-12-11-13-18-34(2)46(65-9)31-42-21-20-39(7)54(63,69-42)51(60)52(61)55-24-15-14-19-43(55)53(62)68-47(36(4)29-40-30-41(64-8)22-23-45(40)67-26-16-25-56)32-44(57)35(3)28-38(6)49(59)50(66-10)48(58)37(5)27-33/h11-13,17-18,28,33,35-37,39-43,45-47,49-50,56,59,63H,14-16,19-27,29-32H2,1-10H3/b13-11+,17-12-,34-18+,38-28+/t33-,35-,36-,37+,39-,40+,41+,42+,43?,45?,46+,47+,49-,50+,54-/m1/s1. The summed E-state index contributed by atoms with van der Waals surface area (Å²) in [7, 11) is 4.63. The monoisotopic (exact) mass is 972 g/mol. The van der Waals surface area contributed by atoms with Crippen molar-refractivity contribution in [1.29, 1.82) is 0 Å². The van der Waals surface area contributed by atoms with Gasteiger partial charge < -0.3 is 48.6 Å². The third-order valence-electron chi connectivity index (χ3n) is 15.1. The minimum atomic E-state index is -2.44. The second-order valence-electron chi connectivity index (χ2n) is 20.5. The number of rotatable bonds is 10. The number of piperidine rings is 1. The number of hydrogen-bond acceptors (Lipinski definition) is 14. The predicted octanol–water partition coefficient (Wildman–Crippen LogP) is 6.59. The van der Waals surface area contributed by atoms with Crippen molar-refractivity contribution < 1.29 is 67.7 Å². The van der Waals surface area contributed by atoms with Gasteiger partial charge in [-0.15, -0.1) is 0 Å². The van der Waals surface area contributed by atoms with Crippen LogP contribution in [0.4, 0.5) is 0 Å². The van der Waals surface area contributed by atoms with Crippen molar-refractivity contribution in [2.75, 3.05) is 41.1 Å². The summed E-state index contributed by atoms with van der Waals surface area (Å²) in [6.45, 7) is 13.1. The fraction of sp³-hybridized carbons (Fsp3) is 0.759. The van der Waals surface area contributed by atoms with Gasteiger partial charge in [-0.3, -0.25) is 19.2 Å². The number of hydrogen-bond donors (Lipinski definition) is 3. The van der Waals surface area contributed by atoms with E-state index in [9.17, 15) is 39.3 Å². The molecule has 4 rings (SSSR count). The lowest BCUT2D eigenvalue weighted by Crippen LogP contribution is -2.61. The van der Waals surface area contributed by atoms with Crippen LogP contribution in [0.3, 0.4) is 0 Å². The minimum absolute atomic E-state index is 0.00101. The van der Waals surface area contributed by atoms with Crippen molar-refractivity contribution >= 4 is 29.2 Å². The summed E-state index contributed by atoms with van der Waals surface area (Å²) in [5, 5.41) is 33.0. The number of fused-ring (bicyclic) bond motifs is 3. The number of aliphatic hydroxyl groups is 3. The van der Waals surface area contributed by atoms with Gasteiger partial charge in [0.15, 0.2) is 5.78 Å². The number of ether oxygens (including phenoxy) is 6. The number of ketones is 3. The summed E-state index contributed by atoms with van der Waals surface area (Å²) in [5.74, 6) is -8.24. The molecule has 1 aliphatic carbocycles. The van der Waals surface area contributed by atoms with Gasteiger partial charge in [-0.2, -0.15) is 0 Å². The van der Waals surface area contributed by atoms with Crippen LogP contribution in [0, 0.1) is 35.5 Å². The lowest BCUT2D eigenvalue weighted by molar-refractivity contribution is -0.265. The number of allylic oxidation sites excluding steroid dienone is 6. The van der Waals surface area contributed by atoms with Crippen LogP contribution in [0.5, 0.6) is 0 Å². The molecule has 0 aromatic carbocycles. The van der Waals surface area contributed by atoms with Gasteiger partial charge in [-0.25, -0.2) is 4.79 Å². The van der Waals surface area contributed by atoms with E-state index in [-0.39, 0.29) is 61.6 Å². The lowest BCUT2D eigenvalue weighted by Gasteiger charge is -2.42. The molecular formula is C54H85NO14. The van der Waals surface area contributed by atoms with Crippen LogP contribution in [0.25, 0.3) is 0 Å². The normalized spacial score (nSPS) is 38.8. The van der Waals surface area contributed by atoms with Crippen molar-refractivity contribution in [2.24, 2.45) is 35.5 Å². The van der Waals surface area contributed by atoms with Gasteiger partial charge in [-0.05, 0) is 113 Å². The van der Waals surface area contributed by atoms with Crippen molar-refractivity contribution in [3.63, 3.8) is 0 Å². The molecule has 3 heterocycles. The molecule has 69 heavy (non-hydrogen) atoms. The van der Waals surface area contributed by atoms with Gasteiger partial charge in [0.25, 0.3) is 11.7 Å². The SMILES string of the molecule is CO[C@H]1CCC(OCCCO)[C@@H](C[C@@H](C)[C@@H]2CC(=O)[C@H](C)/C=C(\C)[C@@H](O)[C@@H](OC)C(=O)[C@@H](C)C[C@H](C)\C=C/C=C/C=C(\C)[C@@H](OC)C[C@@H]3CC[C@@H](C)[C@@](O)(O3)C(=O)C(=O)N3CCCCC3C(=O)O2)C1. The first-order chi connectivity index (χ1) is 32.8. The van der Waals surface area contributed by atoms with Crippen LogP contribution in [0.2, 0.25) is 0 Å². The van der Waals surface area contributed by atoms with Crippen LogP contribution < -0.4 is 0 Å². The van der Waals surface area contributed by atoms with Crippen LogP contribution in [0.1, 0.15) is 132 Å². The highest BCUT2D eigenvalue weighted by molar-refractivity contribution is 6.39. The zero-order valence-corrected chi connectivity index (χ0v) is 43.1. The maximum atomic E-state index is 14.5. The zero-order chi connectivity index (χ0) is 51.0. The van der Waals surface area contributed by atoms with Crippen molar-refractivity contribution in [1.82, 2.24) is 4.90 Å². The Morgan fingerprint density at radius 3 is 2.29 bits per heavy atom. The largest absolute Gasteiger partial charge is 0.460 e. The van der Waals surface area contributed by atoms with Crippen LogP contribution >= 0.6 is 0 Å². The Morgan fingerprint density at radius 2 is 1.61 bits per heavy atom. The van der Waals surface area contributed by atoms with E-state index in [2.05, 4.69) is 0 Å². The number of Topliss-reactive ketones (excluding diaryl/α,β-unsaturated/α-hetero) is 3. The highest BCUT2D eigenvalue weighted by Gasteiger charge is 2.53. The van der Waals surface area contributed by atoms with E-state index in [1.54, 1.807) is 41.1 Å². The lowest BCUT2D eigenvalue weighted by atomic mass is 9.77. The highest BCUT2D eigenvalue weighted by atomic mass is 16.6. The Balaban J connectivity index is 1.73. The second-order valence-corrected chi connectivity index (χ2v) is 20.5. The molecule has 15 nitrogen and oxygen atoms in total. The Bertz CT molecular complexity index is 1820. The number of aliphatic hydroxyl groups excluding tert-OH is 2. The number of esters is 1. The van der Waals surface area contributed by atoms with Gasteiger partial charge in [0.2, 0.25) is 5.79 Å². The summed E-state index contributed by atoms with van der Waals surface area (Å²) in [4.78, 5) is 72.4. The Labute approximate surface area is 411 Å². The molecule has 2 bridgehead atoms. The number of nitrogens with zero attached hydrogens (tertiary/aromatic N) is 1. The minimum Gasteiger partial charge on any atom is -0.460 e. The van der Waals surface area contributed by atoms with Crippen molar-refractivity contribution in [3.05, 3.63) is 47.6 Å². The summed E-state index contributed by atoms with van der Waals surface area (Å²) in [6.07, 6.45) is 12.6. The Kier molecular flexibility index (Phi) is 23.6. The third-order valence-corrected chi connectivity index (χ3v) is 15.1. The summed E-state index contributed by atoms with van der Waals surface area (Å²) in [6, 6.07) is -1.16. The van der Waals surface area contributed by atoms with Crippen LogP contribution in [-0.2, 0) is 52.4 Å². The Hall–Kier alpha value is -3.41. The topological polar surface area (TPSA) is 205 Å². The molecule has 15 heteroatoms. The number of methoxy groups -OCH3 is 3. The molecule has 2 unspecified atom stereocenters. The number of cyclic esters (lactones) is 1. The van der Waals surface area contributed by atoms with Gasteiger partial charge in [0.1, 0.15) is 30.1 Å². The quantitative estimate of drug-likeness (QED) is 0.0916. The smallest absolute Gasteiger partial charge is 0.329 e. The molecule has 3 aliphatic heterocycles. The molecule has 3 fully saturated rings. The van der Waals surface area contributed by atoms with E-state index >= 15 is 0 Å². The number of amides is 1. The first kappa shape index (κ1) is 58.2. The maximum absolute atomic E-state index is 14.5. The molecule has 0 aromatic rings. The molecule has 0 radical (unpaired) electrons.